The molecule has 20 nitrogen and oxygen atoms in total. The molecule has 85 heavy (non-hydrogen) atoms. The van der Waals surface area contributed by atoms with Crippen molar-refractivity contribution in [3.05, 3.63) is 102 Å². The van der Waals surface area contributed by atoms with Gasteiger partial charge in [-0.15, -0.1) is 0 Å². The zero-order valence-electron chi connectivity index (χ0n) is 51.7. The molecule has 0 spiro atoms. The number of rotatable bonds is 13. The number of amides is 7. The normalized spacial score (nSPS) is 25.5. The third-order valence-corrected chi connectivity index (χ3v) is 17.1. The molecule has 0 bridgehead atoms. The summed E-state index contributed by atoms with van der Waals surface area (Å²) in [5.74, 6) is -7.03. The van der Waals surface area contributed by atoms with Crippen LogP contribution in [0.4, 0.5) is 0 Å². The molecule has 2 saturated heterocycles. The second kappa shape index (κ2) is 29.5. The Bertz CT molecular complexity index is 3020. The lowest BCUT2D eigenvalue weighted by Gasteiger charge is -2.40. The standard InChI is InChI=1S/C65H89N9O11/c1-14-40(5)55-62(81)71(11)42(7)58(77)68-49(31-39(3)4)61(80)73(13)57(65(8,9)84)64(83)85-56(41(6)15-2)63(82)70(10)37-54(76)67-50(33-43-21-17-16-18-22-43)60(79)72(12)52(53(38-75)74-30-20-25-51(74)59(78)69-55)34-44-23-19-24-46(32-44)47-27-26-45-28-29-66-36-48(45)35-47/h16-19,21-24,26-29,32,35-36,38-42,49-53,55-57,84H,14-15,20,25,30-31,33-34,37H2,1-13H3,(H,67,76)(H,68,77)(H,69,78)/t40?,41-,42+,49?,50?,51?,52+,53?,55?,56?,57?/m1/s1. The lowest BCUT2D eigenvalue weighted by Crippen LogP contribution is -2.62. The van der Waals surface area contributed by atoms with Crippen LogP contribution >= 0.6 is 0 Å². The van der Waals surface area contributed by atoms with Crippen LogP contribution in [-0.4, -0.2) is 190 Å². The summed E-state index contributed by atoms with van der Waals surface area (Å²) in [5, 5.41) is 22.2. The molecule has 2 aliphatic heterocycles. The fourth-order valence-corrected chi connectivity index (χ4v) is 11.5. The zero-order valence-corrected chi connectivity index (χ0v) is 51.7. The number of nitrogens with one attached hydrogen (secondary N) is 3. The Morgan fingerprint density at radius 1 is 0.706 bits per heavy atom. The van der Waals surface area contributed by atoms with Crippen molar-refractivity contribution < 1.29 is 53.0 Å². The fourth-order valence-electron chi connectivity index (χ4n) is 11.5. The summed E-state index contributed by atoms with van der Waals surface area (Å²) in [5.41, 5.74) is 1.28. The molecule has 20 heteroatoms. The number of ether oxygens (including phenoxy) is 1. The van der Waals surface area contributed by atoms with Crippen molar-refractivity contribution in [2.24, 2.45) is 17.8 Å². The second-order valence-corrected chi connectivity index (χ2v) is 24.3. The monoisotopic (exact) mass is 1170 g/mol. The van der Waals surface area contributed by atoms with E-state index in [4.69, 9.17) is 4.74 Å². The van der Waals surface area contributed by atoms with Gasteiger partial charge in [-0.3, -0.25) is 43.4 Å². The van der Waals surface area contributed by atoms with Gasteiger partial charge in [0.2, 0.25) is 35.4 Å². The van der Waals surface area contributed by atoms with E-state index in [9.17, 15) is 43.5 Å². The lowest BCUT2D eigenvalue weighted by molar-refractivity contribution is -0.176. The SMILES string of the molecule is CCC(C)C1NC(=O)C2CCCN2C(C=O)[C@H](Cc2cccc(-c3ccc4ccncc4c3)c2)N(C)C(=O)C(Cc2ccccc2)NC(=O)CN(C)C(=O)C([C@H](C)CC)OC(=O)C(C(C)(C)O)N(C)C(=O)C(CC(C)C)NC(=O)[C@H](C)N(C)C1=O. The first-order chi connectivity index (χ1) is 40.2. The van der Waals surface area contributed by atoms with E-state index in [1.165, 1.54) is 51.7 Å². The van der Waals surface area contributed by atoms with Crippen molar-refractivity contribution >= 4 is 64.4 Å². The number of hydrogen-bond donors (Lipinski definition) is 4. The first kappa shape index (κ1) is 66.6. The summed E-state index contributed by atoms with van der Waals surface area (Å²) in [6.07, 6.45) is 4.55. The van der Waals surface area contributed by atoms with E-state index < -0.39 is 126 Å². The molecule has 3 heterocycles. The molecule has 7 amide bonds. The van der Waals surface area contributed by atoms with E-state index in [1.807, 2.05) is 94.4 Å². The summed E-state index contributed by atoms with van der Waals surface area (Å²) < 4.78 is 5.99. The summed E-state index contributed by atoms with van der Waals surface area (Å²) in [6, 6.07) is 15.2. The van der Waals surface area contributed by atoms with Crippen LogP contribution in [0.5, 0.6) is 0 Å². The van der Waals surface area contributed by atoms with Gasteiger partial charge in [0.25, 0.3) is 5.91 Å². The van der Waals surface area contributed by atoms with Crippen molar-refractivity contribution in [3.63, 3.8) is 0 Å². The van der Waals surface area contributed by atoms with Gasteiger partial charge in [-0.25, -0.2) is 4.79 Å². The zero-order chi connectivity index (χ0) is 62.6. The minimum absolute atomic E-state index is 0.00184. The highest BCUT2D eigenvalue weighted by Gasteiger charge is 2.47. The highest BCUT2D eigenvalue weighted by molar-refractivity contribution is 5.97. The van der Waals surface area contributed by atoms with Crippen LogP contribution in [0.15, 0.2) is 91.3 Å². The largest absolute Gasteiger partial charge is 0.450 e. The topological polar surface area (TPSA) is 248 Å². The average Bonchev–Trinajstić information content (AvgIpc) is 3.73. The average molecular weight is 1170 g/mol. The number of aromatic nitrogens is 1. The quantitative estimate of drug-likeness (QED) is 0.102. The minimum atomic E-state index is -1.96. The van der Waals surface area contributed by atoms with E-state index >= 15 is 4.79 Å². The smallest absolute Gasteiger partial charge is 0.332 e. The molecule has 2 aliphatic rings. The summed E-state index contributed by atoms with van der Waals surface area (Å²) in [6.45, 7) is 14.6. The summed E-state index contributed by atoms with van der Waals surface area (Å²) in [7, 11) is 5.65. The van der Waals surface area contributed by atoms with Crippen molar-refractivity contribution in [2.75, 3.05) is 41.3 Å². The van der Waals surface area contributed by atoms with Gasteiger partial charge in [0.05, 0.1) is 30.3 Å². The third kappa shape index (κ3) is 16.4. The lowest BCUT2D eigenvalue weighted by atomic mass is 9.93. The van der Waals surface area contributed by atoms with Crippen molar-refractivity contribution in [3.8, 4) is 11.1 Å². The van der Waals surface area contributed by atoms with Crippen molar-refractivity contribution in [1.82, 2.24) is 45.4 Å². The number of esters is 1. The van der Waals surface area contributed by atoms with E-state index in [1.54, 1.807) is 50.3 Å². The summed E-state index contributed by atoms with van der Waals surface area (Å²) in [4.78, 5) is 143. The predicted octanol–water partition coefficient (Wildman–Crippen LogP) is 4.97. The third-order valence-electron chi connectivity index (χ3n) is 17.1. The van der Waals surface area contributed by atoms with Gasteiger partial charge in [-0.05, 0) is 111 Å². The fraction of sp³-hybridized carbons (Fsp3) is 0.538. The van der Waals surface area contributed by atoms with Crippen molar-refractivity contribution in [1.29, 1.82) is 0 Å². The number of nitrogens with zero attached hydrogens (tertiary/aromatic N) is 6. The number of hydrogen-bond acceptors (Lipinski definition) is 13. The Hall–Kier alpha value is -7.58. The number of carbonyl (C=O) groups excluding carboxylic acids is 9. The summed E-state index contributed by atoms with van der Waals surface area (Å²) >= 11 is 0. The Labute approximate surface area is 500 Å². The molecule has 3 aromatic carbocycles. The molecule has 1 aromatic heterocycles. The van der Waals surface area contributed by atoms with Crippen LogP contribution in [0.3, 0.4) is 0 Å². The molecule has 4 aromatic rings. The van der Waals surface area contributed by atoms with Crippen LogP contribution < -0.4 is 16.0 Å². The predicted molar refractivity (Wildman–Crippen MR) is 324 cm³/mol. The van der Waals surface area contributed by atoms with Crippen LogP contribution in [-0.2, 0) is 60.7 Å². The number of benzene rings is 3. The van der Waals surface area contributed by atoms with Gasteiger partial charge < -0.3 is 50.2 Å². The molecule has 2 fully saturated rings. The second-order valence-electron chi connectivity index (χ2n) is 24.3. The highest BCUT2D eigenvalue weighted by atomic mass is 16.6. The van der Waals surface area contributed by atoms with Crippen LogP contribution in [0.2, 0.25) is 0 Å². The van der Waals surface area contributed by atoms with E-state index in [0.29, 0.717) is 31.2 Å². The number of cyclic esters (lactones) is 1. The number of fused-ring (bicyclic) bond motifs is 2. The van der Waals surface area contributed by atoms with Gasteiger partial charge in [0.1, 0.15) is 30.5 Å². The number of aliphatic hydroxyl groups is 1. The number of likely N-dealkylation sites (N-methyl/N-ethyl adjacent to an activating group) is 4. The molecule has 6 rings (SSSR count). The molecule has 11 atom stereocenters. The first-order valence-electron chi connectivity index (χ1n) is 29.8. The Kier molecular flexibility index (Phi) is 23.1. The molecule has 460 valence electrons. The number of carbonyl (C=O) groups is 9. The maximum absolute atomic E-state index is 15.5. The maximum Gasteiger partial charge on any atom is 0.332 e. The van der Waals surface area contributed by atoms with Gasteiger partial charge >= 0.3 is 5.97 Å². The van der Waals surface area contributed by atoms with E-state index in [2.05, 4.69) is 20.9 Å². The molecular formula is C65H89N9O11. The maximum atomic E-state index is 15.5. The molecule has 0 radical (unpaired) electrons. The number of aldehydes is 1. The van der Waals surface area contributed by atoms with Crippen LogP contribution in [0.25, 0.3) is 21.9 Å². The van der Waals surface area contributed by atoms with E-state index in [0.717, 1.165) is 43.5 Å². The van der Waals surface area contributed by atoms with Gasteiger partial charge in [-0.1, -0.05) is 115 Å². The molecule has 0 saturated carbocycles. The Morgan fingerprint density at radius 2 is 1.36 bits per heavy atom. The molecule has 8 unspecified atom stereocenters. The Morgan fingerprint density at radius 3 is 2.01 bits per heavy atom. The van der Waals surface area contributed by atoms with E-state index in [-0.39, 0.29) is 31.7 Å². The van der Waals surface area contributed by atoms with Crippen molar-refractivity contribution in [2.45, 2.75) is 167 Å². The first-order valence-corrected chi connectivity index (χ1v) is 29.8. The van der Waals surface area contributed by atoms with Crippen LogP contribution in [0.1, 0.15) is 106 Å². The van der Waals surface area contributed by atoms with Crippen LogP contribution in [0, 0.1) is 17.8 Å². The molecular weight excluding hydrogens is 1080 g/mol. The molecule has 4 N–H and O–H groups in total. The van der Waals surface area contributed by atoms with Gasteiger partial charge in [0, 0.05) is 58.3 Å². The molecule has 0 aliphatic carbocycles. The van der Waals surface area contributed by atoms with Gasteiger partial charge in [-0.2, -0.15) is 0 Å². The highest BCUT2D eigenvalue weighted by Crippen LogP contribution is 2.30. The van der Waals surface area contributed by atoms with Gasteiger partial charge in [0.15, 0.2) is 12.1 Å². The minimum Gasteiger partial charge on any atom is -0.450 e. The Balaban J connectivity index is 1.48. The number of pyridine rings is 1.